The van der Waals surface area contributed by atoms with E-state index in [1.807, 2.05) is 0 Å². The minimum absolute atomic E-state index is 0.0328. The summed E-state index contributed by atoms with van der Waals surface area (Å²) < 4.78 is 38.9. The molecule has 3 N–H and O–H groups in total. The van der Waals surface area contributed by atoms with Crippen molar-refractivity contribution in [3.63, 3.8) is 0 Å². The molecule has 1 aliphatic rings. The molecule has 1 heterocycles. The van der Waals surface area contributed by atoms with Gasteiger partial charge in [-0.15, -0.1) is 0 Å². The number of amides is 1. The Balaban J connectivity index is 1.96. The molecule has 2 rings (SSSR count). The van der Waals surface area contributed by atoms with Gasteiger partial charge in [-0.25, -0.2) is 4.98 Å². The average Bonchev–Trinajstić information content (AvgIpc) is 2.45. The quantitative estimate of drug-likeness (QED) is 0.902. The van der Waals surface area contributed by atoms with E-state index in [1.54, 1.807) is 12.1 Å². The molecule has 1 aromatic heterocycles. The zero-order valence-electron chi connectivity index (χ0n) is 11.5. The Morgan fingerprint density at radius 3 is 2.67 bits per heavy atom. The van der Waals surface area contributed by atoms with Crippen molar-refractivity contribution >= 4 is 11.7 Å². The number of hydrogen-bond donors (Lipinski definition) is 2. The van der Waals surface area contributed by atoms with Gasteiger partial charge >= 0.3 is 6.18 Å². The van der Waals surface area contributed by atoms with Gasteiger partial charge in [0.15, 0.2) is 0 Å². The number of nitrogen functional groups attached to an aromatic ring is 1. The number of nitrogens with two attached hydrogens (primary N) is 1. The van der Waals surface area contributed by atoms with Gasteiger partial charge in [0.1, 0.15) is 5.82 Å². The lowest BCUT2D eigenvalue weighted by molar-refractivity contribution is -0.198. The third-order valence-electron chi connectivity index (χ3n) is 3.84. The van der Waals surface area contributed by atoms with Gasteiger partial charge in [0.05, 0.1) is 5.92 Å². The molecule has 1 aliphatic carbocycles. The summed E-state index contributed by atoms with van der Waals surface area (Å²) in [5.41, 5.74) is 6.15. The average molecular weight is 301 g/mol. The summed E-state index contributed by atoms with van der Waals surface area (Å²) in [6.45, 7) is 0.160. The van der Waals surface area contributed by atoms with Crippen LogP contribution in [0.25, 0.3) is 0 Å². The van der Waals surface area contributed by atoms with Gasteiger partial charge in [0, 0.05) is 18.7 Å². The summed E-state index contributed by atoms with van der Waals surface area (Å²) in [6.07, 6.45) is -1.31. The molecular formula is C14H18F3N3O. The molecule has 1 amide bonds. The first-order valence-corrected chi connectivity index (χ1v) is 6.93. The maximum absolute atomic E-state index is 13.0. The maximum atomic E-state index is 13.0. The highest BCUT2D eigenvalue weighted by Crippen LogP contribution is 2.41. The maximum Gasteiger partial charge on any atom is 0.392 e. The van der Waals surface area contributed by atoms with Crippen LogP contribution in [0.5, 0.6) is 0 Å². The molecule has 2 atom stereocenters. The molecule has 0 radical (unpaired) electrons. The van der Waals surface area contributed by atoms with Gasteiger partial charge in [-0.2, -0.15) is 13.2 Å². The zero-order valence-corrected chi connectivity index (χ0v) is 11.5. The topological polar surface area (TPSA) is 68.0 Å². The fourth-order valence-corrected chi connectivity index (χ4v) is 2.70. The first kappa shape index (κ1) is 15.6. The molecule has 0 aliphatic heterocycles. The molecule has 21 heavy (non-hydrogen) atoms. The highest BCUT2D eigenvalue weighted by Gasteiger charge is 2.47. The Kier molecular flexibility index (Phi) is 4.69. The molecule has 0 aromatic carbocycles. The number of nitrogens with zero attached hydrogens (tertiary/aromatic N) is 1. The summed E-state index contributed by atoms with van der Waals surface area (Å²) in [7, 11) is 0. The minimum atomic E-state index is -4.31. The third-order valence-corrected chi connectivity index (χ3v) is 3.84. The second-order valence-corrected chi connectivity index (χ2v) is 5.35. The van der Waals surface area contributed by atoms with E-state index < -0.39 is 23.9 Å². The van der Waals surface area contributed by atoms with Crippen LogP contribution in [0.15, 0.2) is 18.3 Å². The number of pyridine rings is 1. The molecule has 4 nitrogen and oxygen atoms in total. The molecule has 1 saturated carbocycles. The molecule has 0 bridgehead atoms. The van der Waals surface area contributed by atoms with E-state index in [-0.39, 0.29) is 19.4 Å². The summed E-state index contributed by atoms with van der Waals surface area (Å²) in [4.78, 5) is 15.9. The summed E-state index contributed by atoms with van der Waals surface area (Å²) in [5, 5.41) is 2.57. The lowest BCUT2D eigenvalue weighted by atomic mass is 9.78. The minimum Gasteiger partial charge on any atom is -0.384 e. The van der Waals surface area contributed by atoms with E-state index in [2.05, 4.69) is 10.3 Å². The van der Waals surface area contributed by atoms with Gasteiger partial charge in [0.25, 0.3) is 0 Å². The smallest absolute Gasteiger partial charge is 0.384 e. The zero-order chi connectivity index (χ0) is 15.5. The van der Waals surface area contributed by atoms with Crippen LogP contribution in [0.3, 0.4) is 0 Å². The summed E-state index contributed by atoms with van der Waals surface area (Å²) in [5.74, 6) is -2.69. The van der Waals surface area contributed by atoms with Crippen LogP contribution in [0.1, 0.15) is 31.2 Å². The van der Waals surface area contributed by atoms with Crippen LogP contribution in [0.2, 0.25) is 0 Å². The van der Waals surface area contributed by atoms with E-state index >= 15 is 0 Å². The van der Waals surface area contributed by atoms with E-state index in [1.165, 1.54) is 6.20 Å². The van der Waals surface area contributed by atoms with E-state index in [0.717, 1.165) is 0 Å². The second-order valence-electron chi connectivity index (χ2n) is 5.35. The number of carbonyl (C=O) groups is 1. The normalized spacial score (nSPS) is 22.8. The number of hydrogen-bond acceptors (Lipinski definition) is 3. The number of halogens is 3. The number of anilines is 1. The molecule has 1 fully saturated rings. The Morgan fingerprint density at radius 2 is 2.05 bits per heavy atom. The standard InChI is InChI=1S/C14H18F3N3O/c15-14(16,17)11-4-2-1-3-10(11)13(21)20-8-9-5-6-12(18)19-7-9/h5-7,10-11H,1-4,8H2,(H2,18,19)(H,20,21)/t10-,11+/m1/s1. The van der Waals surface area contributed by atoms with Crippen LogP contribution in [-0.2, 0) is 11.3 Å². The van der Waals surface area contributed by atoms with Gasteiger partial charge in [-0.05, 0) is 24.5 Å². The van der Waals surface area contributed by atoms with E-state index in [0.29, 0.717) is 24.2 Å². The van der Waals surface area contributed by atoms with Gasteiger partial charge in [-0.3, -0.25) is 4.79 Å². The second kappa shape index (κ2) is 6.32. The van der Waals surface area contributed by atoms with Crippen LogP contribution in [-0.4, -0.2) is 17.1 Å². The largest absolute Gasteiger partial charge is 0.392 e. The highest BCUT2D eigenvalue weighted by molar-refractivity contribution is 5.79. The molecule has 0 saturated heterocycles. The van der Waals surface area contributed by atoms with Crippen molar-refractivity contribution in [2.75, 3.05) is 5.73 Å². The SMILES string of the molecule is Nc1ccc(CNC(=O)[C@@H]2CCCC[C@@H]2C(F)(F)F)cn1. The molecule has 0 unspecified atom stereocenters. The summed E-state index contributed by atoms with van der Waals surface area (Å²) in [6, 6.07) is 3.27. The van der Waals surface area contributed by atoms with E-state index in [4.69, 9.17) is 5.73 Å². The first-order valence-electron chi connectivity index (χ1n) is 6.93. The first-order chi connectivity index (χ1) is 9.88. The van der Waals surface area contributed by atoms with E-state index in [9.17, 15) is 18.0 Å². The fraction of sp³-hybridized carbons (Fsp3) is 0.571. The fourth-order valence-electron chi connectivity index (χ4n) is 2.70. The number of alkyl halides is 3. The Hall–Kier alpha value is -1.79. The predicted molar refractivity (Wildman–Crippen MR) is 72.0 cm³/mol. The van der Waals surface area contributed by atoms with Crippen molar-refractivity contribution < 1.29 is 18.0 Å². The van der Waals surface area contributed by atoms with Crippen LogP contribution in [0, 0.1) is 11.8 Å². The van der Waals surface area contributed by atoms with Crippen LogP contribution in [0.4, 0.5) is 19.0 Å². The Bertz CT molecular complexity index is 487. The van der Waals surface area contributed by atoms with Crippen molar-refractivity contribution in [1.29, 1.82) is 0 Å². The lowest BCUT2D eigenvalue weighted by Gasteiger charge is -2.32. The van der Waals surface area contributed by atoms with Gasteiger partial charge in [-0.1, -0.05) is 18.9 Å². The summed E-state index contributed by atoms with van der Waals surface area (Å²) >= 11 is 0. The number of aromatic nitrogens is 1. The highest BCUT2D eigenvalue weighted by atomic mass is 19.4. The van der Waals surface area contributed by atoms with Crippen LogP contribution >= 0.6 is 0 Å². The number of rotatable bonds is 3. The van der Waals surface area contributed by atoms with Crippen molar-refractivity contribution in [2.24, 2.45) is 11.8 Å². The lowest BCUT2D eigenvalue weighted by Crippen LogP contribution is -2.42. The molecule has 1 aromatic rings. The monoisotopic (exact) mass is 301 g/mol. The number of carbonyl (C=O) groups excluding carboxylic acids is 1. The van der Waals surface area contributed by atoms with Gasteiger partial charge in [0.2, 0.25) is 5.91 Å². The Morgan fingerprint density at radius 1 is 1.33 bits per heavy atom. The molecule has 116 valence electrons. The van der Waals surface area contributed by atoms with Gasteiger partial charge < -0.3 is 11.1 Å². The molecule has 0 spiro atoms. The van der Waals surface area contributed by atoms with Crippen molar-refractivity contribution in [1.82, 2.24) is 10.3 Å². The third kappa shape index (κ3) is 4.09. The van der Waals surface area contributed by atoms with Crippen molar-refractivity contribution in [3.8, 4) is 0 Å². The number of nitrogens with one attached hydrogen (secondary N) is 1. The molecular weight excluding hydrogens is 283 g/mol. The predicted octanol–water partition coefficient (Wildman–Crippen LogP) is 2.65. The van der Waals surface area contributed by atoms with Crippen molar-refractivity contribution in [2.45, 2.75) is 38.4 Å². The van der Waals surface area contributed by atoms with Crippen molar-refractivity contribution in [3.05, 3.63) is 23.9 Å². The van der Waals surface area contributed by atoms with Crippen LogP contribution < -0.4 is 11.1 Å². The Labute approximate surface area is 120 Å². The molecule has 7 heteroatoms.